The zero-order valence-electron chi connectivity index (χ0n) is 12.3. The van der Waals surface area contributed by atoms with Gasteiger partial charge >= 0.3 is 0 Å². The lowest BCUT2D eigenvalue weighted by Crippen LogP contribution is -2.05. The molecule has 0 radical (unpaired) electrons. The Morgan fingerprint density at radius 3 is 2.64 bits per heavy atom. The Morgan fingerprint density at radius 1 is 1.09 bits per heavy atom. The number of hydrogen-bond acceptors (Lipinski definition) is 2. The molecule has 3 nitrogen and oxygen atoms in total. The summed E-state index contributed by atoms with van der Waals surface area (Å²) >= 11 is 0. The Hall–Kier alpha value is -2.62. The highest BCUT2D eigenvalue weighted by Crippen LogP contribution is 2.35. The first-order valence-electron chi connectivity index (χ1n) is 7.42. The number of aromatic nitrogens is 2. The van der Waals surface area contributed by atoms with Crippen LogP contribution in [-0.4, -0.2) is 16.3 Å². The SMILES string of the molecule is Cc1ccccc1-n1nc(-c2ccc(F)cc2)c2c1NCC2. The van der Waals surface area contributed by atoms with Crippen molar-refractivity contribution >= 4 is 5.82 Å². The smallest absolute Gasteiger partial charge is 0.133 e. The molecule has 0 fully saturated rings. The predicted octanol–water partition coefficient (Wildman–Crippen LogP) is 3.95. The van der Waals surface area contributed by atoms with Crippen molar-refractivity contribution in [3.05, 3.63) is 65.5 Å². The largest absolute Gasteiger partial charge is 0.369 e. The second-order valence-electron chi connectivity index (χ2n) is 5.56. The molecule has 1 aromatic heterocycles. The molecular formula is C18H16FN3. The molecule has 1 aliphatic heterocycles. The molecule has 0 saturated carbocycles. The number of para-hydroxylation sites is 1. The first kappa shape index (κ1) is 13.1. The molecule has 4 rings (SSSR count). The fourth-order valence-electron chi connectivity index (χ4n) is 2.99. The van der Waals surface area contributed by atoms with Gasteiger partial charge in [-0.3, -0.25) is 0 Å². The normalized spacial score (nSPS) is 13.0. The fourth-order valence-corrected chi connectivity index (χ4v) is 2.99. The van der Waals surface area contributed by atoms with Crippen LogP contribution in [0, 0.1) is 12.7 Å². The van der Waals surface area contributed by atoms with Gasteiger partial charge in [0.15, 0.2) is 0 Å². The number of halogens is 1. The van der Waals surface area contributed by atoms with Crippen LogP contribution in [0.25, 0.3) is 16.9 Å². The summed E-state index contributed by atoms with van der Waals surface area (Å²) in [6.45, 7) is 2.99. The third-order valence-corrected chi connectivity index (χ3v) is 4.11. The third-order valence-electron chi connectivity index (χ3n) is 4.11. The van der Waals surface area contributed by atoms with E-state index in [0.717, 1.165) is 35.7 Å². The molecular weight excluding hydrogens is 277 g/mol. The number of fused-ring (bicyclic) bond motifs is 1. The molecule has 0 aliphatic carbocycles. The van der Waals surface area contributed by atoms with E-state index < -0.39 is 0 Å². The lowest BCUT2D eigenvalue weighted by molar-refractivity contribution is 0.628. The minimum absolute atomic E-state index is 0.225. The van der Waals surface area contributed by atoms with Crippen molar-refractivity contribution < 1.29 is 4.39 Å². The van der Waals surface area contributed by atoms with Crippen LogP contribution in [0.1, 0.15) is 11.1 Å². The highest BCUT2D eigenvalue weighted by Gasteiger charge is 2.24. The van der Waals surface area contributed by atoms with E-state index in [0.29, 0.717) is 0 Å². The molecule has 4 heteroatoms. The van der Waals surface area contributed by atoms with Gasteiger partial charge in [-0.25, -0.2) is 9.07 Å². The van der Waals surface area contributed by atoms with Gasteiger partial charge in [-0.05, 0) is 49.2 Å². The van der Waals surface area contributed by atoms with Crippen molar-refractivity contribution in [2.24, 2.45) is 0 Å². The van der Waals surface area contributed by atoms with Crippen LogP contribution in [0.3, 0.4) is 0 Å². The van der Waals surface area contributed by atoms with Gasteiger partial charge in [0.05, 0.1) is 11.4 Å². The molecule has 0 atom stereocenters. The number of benzene rings is 2. The number of anilines is 1. The maximum absolute atomic E-state index is 13.2. The highest BCUT2D eigenvalue weighted by molar-refractivity contribution is 5.73. The Bertz CT molecular complexity index is 834. The fraction of sp³-hybridized carbons (Fsp3) is 0.167. The lowest BCUT2D eigenvalue weighted by atomic mass is 10.1. The van der Waals surface area contributed by atoms with Crippen molar-refractivity contribution in [3.8, 4) is 16.9 Å². The van der Waals surface area contributed by atoms with Crippen LogP contribution in [0.15, 0.2) is 48.5 Å². The molecule has 0 unspecified atom stereocenters. The van der Waals surface area contributed by atoms with Crippen LogP contribution in [0.5, 0.6) is 0 Å². The standard InChI is InChI=1S/C18H16FN3/c1-12-4-2-3-5-16(12)22-18-15(10-11-20-18)17(21-22)13-6-8-14(19)9-7-13/h2-9,20H,10-11H2,1H3. The number of rotatable bonds is 2. The number of hydrogen-bond donors (Lipinski definition) is 1. The van der Waals surface area contributed by atoms with Crippen molar-refractivity contribution in [1.29, 1.82) is 0 Å². The molecule has 0 saturated heterocycles. The summed E-state index contributed by atoms with van der Waals surface area (Å²) in [6, 6.07) is 14.7. The third kappa shape index (κ3) is 1.99. The summed E-state index contributed by atoms with van der Waals surface area (Å²) in [5.74, 6) is 0.825. The number of nitrogens with one attached hydrogen (secondary N) is 1. The number of nitrogens with zero attached hydrogens (tertiary/aromatic N) is 2. The van der Waals surface area contributed by atoms with E-state index in [1.54, 1.807) is 12.1 Å². The minimum atomic E-state index is -0.225. The second kappa shape index (κ2) is 4.98. The summed E-state index contributed by atoms with van der Waals surface area (Å²) in [5.41, 5.74) is 5.33. The molecule has 1 aliphatic rings. The van der Waals surface area contributed by atoms with Gasteiger partial charge < -0.3 is 5.32 Å². The van der Waals surface area contributed by atoms with Gasteiger partial charge in [-0.15, -0.1) is 0 Å². The Labute approximate surface area is 128 Å². The van der Waals surface area contributed by atoms with Crippen molar-refractivity contribution in [1.82, 2.24) is 9.78 Å². The molecule has 2 heterocycles. The van der Waals surface area contributed by atoms with Crippen molar-refractivity contribution in [3.63, 3.8) is 0 Å². The van der Waals surface area contributed by atoms with Crippen LogP contribution in [-0.2, 0) is 6.42 Å². The van der Waals surface area contributed by atoms with Gasteiger partial charge in [0.1, 0.15) is 11.6 Å². The van der Waals surface area contributed by atoms with Crippen molar-refractivity contribution in [2.45, 2.75) is 13.3 Å². The average molecular weight is 293 g/mol. The number of aryl methyl sites for hydroxylation is 1. The maximum Gasteiger partial charge on any atom is 0.133 e. The summed E-state index contributed by atoms with van der Waals surface area (Å²) in [6.07, 6.45) is 0.938. The molecule has 3 aromatic rings. The zero-order valence-corrected chi connectivity index (χ0v) is 12.3. The second-order valence-corrected chi connectivity index (χ2v) is 5.56. The zero-order chi connectivity index (χ0) is 15.1. The molecule has 110 valence electrons. The summed E-state index contributed by atoms with van der Waals surface area (Å²) in [7, 11) is 0. The van der Waals surface area contributed by atoms with E-state index in [9.17, 15) is 4.39 Å². The average Bonchev–Trinajstić information content (AvgIpc) is 3.11. The molecule has 1 N–H and O–H groups in total. The minimum Gasteiger partial charge on any atom is -0.369 e. The van der Waals surface area contributed by atoms with Gasteiger partial charge in [-0.2, -0.15) is 5.10 Å². The molecule has 0 amide bonds. The molecule has 22 heavy (non-hydrogen) atoms. The lowest BCUT2D eigenvalue weighted by Gasteiger charge is -2.09. The van der Waals surface area contributed by atoms with Crippen LogP contribution >= 0.6 is 0 Å². The first-order valence-corrected chi connectivity index (χ1v) is 7.42. The van der Waals surface area contributed by atoms with Crippen LogP contribution in [0.4, 0.5) is 10.2 Å². The van der Waals surface area contributed by atoms with Gasteiger partial charge in [0, 0.05) is 17.7 Å². The Balaban J connectivity index is 1.90. The Morgan fingerprint density at radius 2 is 1.86 bits per heavy atom. The summed E-state index contributed by atoms with van der Waals surface area (Å²) < 4.78 is 15.1. The Kier molecular flexibility index (Phi) is 2.96. The predicted molar refractivity (Wildman–Crippen MR) is 85.9 cm³/mol. The monoisotopic (exact) mass is 293 g/mol. The maximum atomic E-state index is 13.2. The highest BCUT2D eigenvalue weighted by atomic mass is 19.1. The topological polar surface area (TPSA) is 29.9 Å². The molecule has 2 aromatic carbocycles. The van der Waals surface area contributed by atoms with Gasteiger partial charge in [0.25, 0.3) is 0 Å². The first-order chi connectivity index (χ1) is 10.7. The van der Waals surface area contributed by atoms with E-state index in [4.69, 9.17) is 5.10 Å². The molecule has 0 spiro atoms. The quantitative estimate of drug-likeness (QED) is 0.775. The van der Waals surface area contributed by atoms with E-state index in [1.807, 2.05) is 16.8 Å². The van der Waals surface area contributed by atoms with E-state index in [2.05, 4.69) is 24.4 Å². The van der Waals surface area contributed by atoms with E-state index in [1.165, 1.54) is 23.3 Å². The van der Waals surface area contributed by atoms with E-state index in [-0.39, 0.29) is 5.82 Å². The van der Waals surface area contributed by atoms with Crippen LogP contribution < -0.4 is 5.32 Å². The van der Waals surface area contributed by atoms with Gasteiger partial charge in [0.2, 0.25) is 0 Å². The van der Waals surface area contributed by atoms with Crippen LogP contribution in [0.2, 0.25) is 0 Å². The molecule has 0 bridgehead atoms. The van der Waals surface area contributed by atoms with E-state index >= 15 is 0 Å². The summed E-state index contributed by atoms with van der Waals surface area (Å²) in [5, 5.41) is 8.22. The van der Waals surface area contributed by atoms with Gasteiger partial charge in [-0.1, -0.05) is 18.2 Å². The van der Waals surface area contributed by atoms with Crippen molar-refractivity contribution in [2.75, 3.05) is 11.9 Å². The summed E-state index contributed by atoms with van der Waals surface area (Å²) in [4.78, 5) is 0.